The quantitative estimate of drug-likeness (QED) is 0.638. The van der Waals surface area contributed by atoms with Crippen LogP contribution >= 0.6 is 0 Å². The van der Waals surface area contributed by atoms with E-state index in [-0.39, 0.29) is 10.6 Å². The van der Waals surface area contributed by atoms with E-state index in [0.29, 0.717) is 17.7 Å². The summed E-state index contributed by atoms with van der Waals surface area (Å²) in [4.78, 5) is 0.139. The molecule has 5 nitrogen and oxygen atoms in total. The Morgan fingerprint density at radius 1 is 1.00 bits per heavy atom. The summed E-state index contributed by atoms with van der Waals surface area (Å²) in [7, 11) is -3.95. The summed E-state index contributed by atoms with van der Waals surface area (Å²) in [5.41, 5.74) is 2.22. The van der Waals surface area contributed by atoms with Crippen LogP contribution in [0.3, 0.4) is 0 Å². The Kier molecular flexibility index (Phi) is 5.51. The molecule has 0 saturated carbocycles. The first-order valence-electron chi connectivity index (χ1n) is 7.69. The summed E-state index contributed by atoms with van der Waals surface area (Å²) < 4.78 is 35.7. The molecule has 0 aliphatic rings. The molecule has 1 N–H and O–H groups in total. The van der Waals surface area contributed by atoms with E-state index in [1.807, 2.05) is 13.0 Å². The van der Waals surface area contributed by atoms with E-state index in [1.54, 1.807) is 45.0 Å². The van der Waals surface area contributed by atoms with E-state index >= 15 is 0 Å². The van der Waals surface area contributed by atoms with E-state index in [9.17, 15) is 13.5 Å². The molecule has 0 spiro atoms. The van der Waals surface area contributed by atoms with Crippen LogP contribution in [0.2, 0.25) is 0 Å². The van der Waals surface area contributed by atoms with Crippen LogP contribution in [0, 0.1) is 20.8 Å². The summed E-state index contributed by atoms with van der Waals surface area (Å²) >= 11 is 0. The Hall–Kier alpha value is -2.05. The predicted octanol–water partition coefficient (Wildman–Crippen LogP) is 3.49. The van der Waals surface area contributed by atoms with E-state index in [1.165, 1.54) is 6.07 Å². The minimum absolute atomic E-state index is 0.139. The number of aliphatic hydroxyl groups excluding tert-OH is 1. The Morgan fingerprint density at radius 3 is 2.33 bits per heavy atom. The minimum atomic E-state index is -3.95. The fraction of sp³-hybridized carbons (Fsp3) is 0.333. The van der Waals surface area contributed by atoms with Crippen molar-refractivity contribution in [2.75, 3.05) is 0 Å². The Morgan fingerprint density at radius 2 is 1.67 bits per heavy atom. The zero-order valence-corrected chi connectivity index (χ0v) is 15.1. The highest BCUT2D eigenvalue weighted by molar-refractivity contribution is 7.87. The van der Waals surface area contributed by atoms with Gasteiger partial charge in [-0.2, -0.15) is 8.42 Å². The first-order chi connectivity index (χ1) is 11.2. The molecule has 0 radical (unpaired) electrons. The topological polar surface area (TPSA) is 72.8 Å². The average molecular weight is 350 g/mol. The lowest BCUT2D eigenvalue weighted by molar-refractivity contribution is -0.0192. The van der Waals surface area contributed by atoms with Crippen LogP contribution in [0.15, 0.2) is 41.3 Å². The van der Waals surface area contributed by atoms with Gasteiger partial charge in [-0.3, -0.25) is 0 Å². The lowest BCUT2D eigenvalue weighted by Gasteiger charge is -2.14. The van der Waals surface area contributed by atoms with Crippen LogP contribution in [-0.4, -0.2) is 19.8 Å². The van der Waals surface area contributed by atoms with Gasteiger partial charge in [-0.1, -0.05) is 19.1 Å². The Balaban J connectivity index is 2.34. The van der Waals surface area contributed by atoms with Gasteiger partial charge in [-0.25, -0.2) is 0 Å². The summed E-state index contributed by atoms with van der Waals surface area (Å²) in [5, 5.41) is 9.59. The summed E-state index contributed by atoms with van der Waals surface area (Å²) in [6.45, 7) is 7.12. The zero-order valence-electron chi connectivity index (χ0n) is 14.2. The van der Waals surface area contributed by atoms with E-state index in [2.05, 4.69) is 0 Å². The Bertz CT molecular complexity index is 827. The van der Waals surface area contributed by atoms with Crippen molar-refractivity contribution in [2.24, 2.45) is 0 Å². The maximum atomic E-state index is 12.6. The summed E-state index contributed by atoms with van der Waals surface area (Å²) in [6.07, 6.45) is -0.527. The van der Waals surface area contributed by atoms with Gasteiger partial charge in [0.15, 0.2) is 6.29 Å². The second-order valence-electron chi connectivity index (χ2n) is 5.77. The van der Waals surface area contributed by atoms with Gasteiger partial charge in [-0.05, 0) is 55.7 Å². The van der Waals surface area contributed by atoms with Gasteiger partial charge in [-0.15, -0.1) is 0 Å². The molecule has 2 rings (SSSR count). The van der Waals surface area contributed by atoms with Gasteiger partial charge < -0.3 is 14.0 Å². The molecule has 6 heteroatoms. The molecule has 0 aliphatic carbocycles. The predicted molar refractivity (Wildman–Crippen MR) is 91.8 cm³/mol. The van der Waals surface area contributed by atoms with Crippen molar-refractivity contribution in [3.63, 3.8) is 0 Å². The molecule has 0 aromatic heterocycles. The van der Waals surface area contributed by atoms with Crippen molar-refractivity contribution in [3.05, 3.63) is 53.1 Å². The van der Waals surface area contributed by atoms with Gasteiger partial charge in [0.25, 0.3) is 0 Å². The molecule has 0 aliphatic heterocycles. The fourth-order valence-corrected chi connectivity index (χ4v) is 3.45. The SMILES string of the molecule is CCC(O)Oc1cc(C)cc(OS(=O)(=O)c2cc(C)ccc2C)c1. The molecule has 130 valence electrons. The number of rotatable bonds is 6. The number of aliphatic hydroxyl groups is 1. The normalized spacial score (nSPS) is 12.7. The molecule has 2 aromatic carbocycles. The van der Waals surface area contributed by atoms with Gasteiger partial charge >= 0.3 is 10.1 Å². The Labute approximate surface area is 143 Å². The van der Waals surface area contributed by atoms with Crippen LogP contribution in [0.5, 0.6) is 11.5 Å². The number of aryl methyl sites for hydroxylation is 3. The third-order valence-corrected chi connectivity index (χ3v) is 4.86. The third kappa shape index (κ3) is 4.49. The highest BCUT2D eigenvalue weighted by Gasteiger charge is 2.20. The molecule has 0 heterocycles. The van der Waals surface area contributed by atoms with Crippen molar-refractivity contribution >= 4 is 10.1 Å². The summed E-state index contributed by atoms with van der Waals surface area (Å²) in [6, 6.07) is 9.94. The smallest absolute Gasteiger partial charge is 0.339 e. The van der Waals surface area contributed by atoms with Crippen LogP contribution in [-0.2, 0) is 10.1 Å². The van der Waals surface area contributed by atoms with Gasteiger partial charge in [0.1, 0.15) is 16.4 Å². The van der Waals surface area contributed by atoms with Crippen LogP contribution in [0.1, 0.15) is 30.0 Å². The molecular weight excluding hydrogens is 328 g/mol. The zero-order chi connectivity index (χ0) is 17.9. The lowest BCUT2D eigenvalue weighted by atomic mass is 10.2. The number of ether oxygens (including phenoxy) is 1. The molecule has 0 bridgehead atoms. The van der Waals surface area contributed by atoms with Crippen molar-refractivity contribution in [1.29, 1.82) is 0 Å². The highest BCUT2D eigenvalue weighted by Crippen LogP contribution is 2.27. The first kappa shape index (κ1) is 18.3. The second-order valence-corrected chi connectivity index (χ2v) is 7.28. The first-order valence-corrected chi connectivity index (χ1v) is 9.10. The van der Waals surface area contributed by atoms with E-state index in [4.69, 9.17) is 8.92 Å². The van der Waals surface area contributed by atoms with Crippen LogP contribution in [0.25, 0.3) is 0 Å². The molecule has 0 saturated heterocycles. The van der Waals surface area contributed by atoms with E-state index in [0.717, 1.165) is 11.1 Å². The third-order valence-electron chi connectivity index (χ3n) is 3.46. The van der Waals surface area contributed by atoms with Crippen LogP contribution in [0.4, 0.5) is 0 Å². The molecule has 0 fully saturated rings. The van der Waals surface area contributed by atoms with Crippen molar-refractivity contribution in [2.45, 2.75) is 45.3 Å². The fourth-order valence-electron chi connectivity index (χ4n) is 2.22. The lowest BCUT2D eigenvalue weighted by Crippen LogP contribution is -2.14. The van der Waals surface area contributed by atoms with Crippen molar-refractivity contribution in [3.8, 4) is 11.5 Å². The van der Waals surface area contributed by atoms with Gasteiger partial charge in [0, 0.05) is 12.5 Å². The van der Waals surface area contributed by atoms with E-state index < -0.39 is 16.4 Å². The maximum Gasteiger partial charge on any atom is 0.339 e. The summed E-state index contributed by atoms with van der Waals surface area (Å²) in [5.74, 6) is 0.504. The molecule has 1 atom stereocenters. The standard InChI is InChI=1S/C18H22O5S/c1-5-18(19)22-15-8-13(3)9-16(11-15)23-24(20,21)17-10-12(2)6-7-14(17)4/h6-11,18-19H,5H2,1-4H3. The monoisotopic (exact) mass is 350 g/mol. The van der Waals surface area contributed by atoms with Crippen molar-refractivity contribution < 1.29 is 22.4 Å². The van der Waals surface area contributed by atoms with Crippen LogP contribution < -0.4 is 8.92 Å². The van der Waals surface area contributed by atoms with Crippen molar-refractivity contribution in [1.82, 2.24) is 0 Å². The number of benzene rings is 2. The molecule has 1 unspecified atom stereocenters. The molecule has 0 amide bonds. The van der Waals surface area contributed by atoms with Gasteiger partial charge in [0.05, 0.1) is 0 Å². The highest BCUT2D eigenvalue weighted by atomic mass is 32.2. The average Bonchev–Trinajstić information content (AvgIpc) is 2.48. The largest absolute Gasteiger partial charge is 0.465 e. The maximum absolute atomic E-state index is 12.6. The molecule has 24 heavy (non-hydrogen) atoms. The minimum Gasteiger partial charge on any atom is -0.465 e. The van der Waals surface area contributed by atoms with Gasteiger partial charge in [0.2, 0.25) is 0 Å². The second kappa shape index (κ2) is 7.23. The number of hydrogen-bond acceptors (Lipinski definition) is 5. The molecular formula is C18H22O5S. The number of hydrogen-bond donors (Lipinski definition) is 1. The molecule has 2 aromatic rings.